The molecule has 3 rings (SSSR count). The van der Waals surface area contributed by atoms with Gasteiger partial charge in [-0.2, -0.15) is 0 Å². The fourth-order valence-electron chi connectivity index (χ4n) is 3.39. The van der Waals surface area contributed by atoms with Crippen LogP contribution in [0.1, 0.15) is 36.5 Å². The van der Waals surface area contributed by atoms with Gasteiger partial charge in [0, 0.05) is 43.2 Å². The van der Waals surface area contributed by atoms with Gasteiger partial charge in [-0.25, -0.2) is 0 Å². The lowest BCUT2D eigenvalue weighted by Gasteiger charge is -2.05. The molecule has 1 aromatic heterocycles. The van der Waals surface area contributed by atoms with Gasteiger partial charge in [0.1, 0.15) is 0 Å². The monoisotopic (exact) mass is 300 g/mol. The Kier molecular flexibility index (Phi) is 4.21. The van der Waals surface area contributed by atoms with Crippen LogP contribution in [0.4, 0.5) is 0 Å². The summed E-state index contributed by atoms with van der Waals surface area (Å²) >= 11 is 0. The summed E-state index contributed by atoms with van der Waals surface area (Å²) < 4.78 is 7.11. The number of aromatic nitrogens is 1. The number of nitrogens with zero attached hydrogens (tertiary/aromatic N) is 2. The van der Waals surface area contributed by atoms with Crippen molar-refractivity contribution in [3.8, 4) is 0 Å². The molecule has 118 valence electrons. The second-order valence-corrected chi connectivity index (χ2v) is 6.23. The highest BCUT2D eigenvalue weighted by atomic mass is 16.5. The van der Waals surface area contributed by atoms with E-state index >= 15 is 0 Å². The van der Waals surface area contributed by atoms with E-state index in [1.165, 1.54) is 34.7 Å². The van der Waals surface area contributed by atoms with Crippen LogP contribution in [0.5, 0.6) is 0 Å². The first-order valence-electron chi connectivity index (χ1n) is 8.01. The summed E-state index contributed by atoms with van der Waals surface area (Å²) in [7, 11) is 3.61. The molecule has 0 N–H and O–H groups in total. The van der Waals surface area contributed by atoms with Crippen molar-refractivity contribution >= 4 is 16.9 Å². The molecule has 0 bridgehead atoms. The molecule has 2 heterocycles. The summed E-state index contributed by atoms with van der Waals surface area (Å²) in [6.07, 6.45) is 4.51. The third-order valence-corrected chi connectivity index (χ3v) is 4.46. The Morgan fingerprint density at radius 1 is 1.27 bits per heavy atom. The first kappa shape index (κ1) is 15.1. The molecule has 0 aliphatic carbocycles. The highest BCUT2D eigenvalue weighted by Crippen LogP contribution is 2.31. The van der Waals surface area contributed by atoms with E-state index in [1.807, 2.05) is 0 Å². The van der Waals surface area contributed by atoms with E-state index in [4.69, 9.17) is 4.74 Å². The van der Waals surface area contributed by atoms with Gasteiger partial charge in [-0.1, -0.05) is 6.92 Å². The molecule has 1 aromatic carbocycles. The molecule has 0 spiro atoms. The van der Waals surface area contributed by atoms with Crippen molar-refractivity contribution in [2.75, 3.05) is 14.2 Å². The zero-order chi connectivity index (χ0) is 15.7. The van der Waals surface area contributed by atoms with Gasteiger partial charge in [0.05, 0.1) is 7.11 Å². The van der Waals surface area contributed by atoms with Crippen molar-refractivity contribution in [2.24, 2.45) is 0 Å². The Morgan fingerprint density at radius 2 is 2.00 bits per heavy atom. The van der Waals surface area contributed by atoms with Crippen LogP contribution in [-0.2, 0) is 35.6 Å². The maximum atomic E-state index is 11.4. The van der Waals surface area contributed by atoms with Gasteiger partial charge in [-0.15, -0.1) is 0 Å². The van der Waals surface area contributed by atoms with E-state index in [0.717, 1.165) is 32.5 Å². The first-order chi connectivity index (χ1) is 10.6. The number of hydrogen-bond acceptors (Lipinski definition) is 3. The number of aryl methyl sites for hydroxylation is 2. The minimum atomic E-state index is -0.141. The first-order valence-corrected chi connectivity index (χ1v) is 8.01. The van der Waals surface area contributed by atoms with E-state index in [0.29, 0.717) is 6.42 Å². The molecular weight excluding hydrogens is 276 g/mol. The zero-order valence-electron chi connectivity index (χ0n) is 13.7. The number of esters is 1. The van der Waals surface area contributed by atoms with Gasteiger partial charge in [0.15, 0.2) is 0 Å². The molecule has 0 unspecified atom stereocenters. The maximum absolute atomic E-state index is 11.4. The maximum Gasteiger partial charge on any atom is 0.305 e. The standard InChI is InChI=1S/C18H24N2O2/c1-4-7-20-12-13(5-6-18(21)22-3)16-8-14-10-19(2)11-15(14)9-17(16)20/h8-9,12H,4-7,10-11H2,1-3H3. The highest BCUT2D eigenvalue weighted by Gasteiger charge is 2.19. The molecule has 0 radical (unpaired) electrons. The van der Waals surface area contributed by atoms with Crippen LogP contribution in [0.15, 0.2) is 18.3 Å². The van der Waals surface area contributed by atoms with Crippen LogP contribution in [-0.4, -0.2) is 29.6 Å². The second kappa shape index (κ2) is 6.13. The number of benzene rings is 1. The largest absolute Gasteiger partial charge is 0.469 e. The predicted octanol–water partition coefficient (Wildman–Crippen LogP) is 3.10. The minimum absolute atomic E-state index is 0.141. The third-order valence-electron chi connectivity index (χ3n) is 4.46. The number of ether oxygens (including phenoxy) is 1. The molecule has 22 heavy (non-hydrogen) atoms. The average molecular weight is 300 g/mol. The lowest BCUT2D eigenvalue weighted by atomic mass is 10.0. The van der Waals surface area contributed by atoms with Crippen molar-refractivity contribution in [1.29, 1.82) is 0 Å². The van der Waals surface area contributed by atoms with Crippen LogP contribution in [0.25, 0.3) is 10.9 Å². The van der Waals surface area contributed by atoms with Crippen LogP contribution in [0.3, 0.4) is 0 Å². The highest BCUT2D eigenvalue weighted by molar-refractivity contribution is 5.86. The van der Waals surface area contributed by atoms with Crippen molar-refractivity contribution in [3.63, 3.8) is 0 Å². The van der Waals surface area contributed by atoms with Gasteiger partial charge < -0.3 is 9.30 Å². The number of carbonyl (C=O) groups is 1. The van der Waals surface area contributed by atoms with Crippen LogP contribution in [0.2, 0.25) is 0 Å². The van der Waals surface area contributed by atoms with E-state index < -0.39 is 0 Å². The van der Waals surface area contributed by atoms with E-state index in [9.17, 15) is 4.79 Å². The molecule has 0 saturated carbocycles. The molecule has 0 saturated heterocycles. The third kappa shape index (κ3) is 2.75. The molecule has 0 atom stereocenters. The fourth-order valence-corrected chi connectivity index (χ4v) is 3.39. The summed E-state index contributed by atoms with van der Waals surface area (Å²) in [5, 5.41) is 1.30. The number of rotatable bonds is 5. The van der Waals surface area contributed by atoms with Crippen LogP contribution in [0, 0.1) is 0 Å². The number of methoxy groups -OCH3 is 1. The number of carbonyl (C=O) groups excluding carboxylic acids is 1. The van der Waals surface area contributed by atoms with Gasteiger partial charge in [0.25, 0.3) is 0 Å². The van der Waals surface area contributed by atoms with Crippen LogP contribution >= 0.6 is 0 Å². The second-order valence-electron chi connectivity index (χ2n) is 6.23. The number of fused-ring (bicyclic) bond motifs is 2. The molecule has 0 fully saturated rings. The summed E-state index contributed by atoms with van der Waals surface area (Å²) in [5.41, 5.74) is 5.41. The molecule has 4 nitrogen and oxygen atoms in total. The van der Waals surface area contributed by atoms with Crippen molar-refractivity contribution in [3.05, 3.63) is 35.0 Å². The molecule has 4 heteroatoms. The summed E-state index contributed by atoms with van der Waals surface area (Å²) in [4.78, 5) is 13.8. The predicted molar refractivity (Wildman–Crippen MR) is 87.7 cm³/mol. The summed E-state index contributed by atoms with van der Waals surface area (Å²) in [6, 6.07) is 4.67. The molecule has 2 aromatic rings. The lowest BCUT2D eigenvalue weighted by molar-refractivity contribution is -0.140. The molecule has 1 aliphatic heterocycles. The lowest BCUT2D eigenvalue weighted by Crippen LogP contribution is -2.07. The minimum Gasteiger partial charge on any atom is -0.469 e. The summed E-state index contributed by atoms with van der Waals surface area (Å²) in [6.45, 7) is 5.26. The van der Waals surface area contributed by atoms with Crippen molar-refractivity contribution in [1.82, 2.24) is 9.47 Å². The summed E-state index contributed by atoms with van der Waals surface area (Å²) in [5.74, 6) is -0.141. The normalized spacial score (nSPS) is 14.5. The van der Waals surface area contributed by atoms with E-state index in [1.54, 1.807) is 0 Å². The van der Waals surface area contributed by atoms with Gasteiger partial charge >= 0.3 is 5.97 Å². The SMILES string of the molecule is CCCn1cc(CCC(=O)OC)c2cc3c(cc21)CN(C)C3. The Balaban J connectivity index is 2.00. The molecule has 1 aliphatic rings. The van der Waals surface area contributed by atoms with Gasteiger partial charge in [0.2, 0.25) is 0 Å². The molecular formula is C18H24N2O2. The van der Waals surface area contributed by atoms with Gasteiger partial charge in [-0.05, 0) is 48.7 Å². The van der Waals surface area contributed by atoms with Crippen molar-refractivity contribution in [2.45, 2.75) is 45.8 Å². The van der Waals surface area contributed by atoms with E-state index in [-0.39, 0.29) is 5.97 Å². The average Bonchev–Trinajstić information content (AvgIpc) is 3.02. The Bertz CT molecular complexity index is 703. The molecule has 0 amide bonds. The van der Waals surface area contributed by atoms with E-state index in [2.05, 4.69) is 41.8 Å². The fraction of sp³-hybridized carbons (Fsp3) is 0.500. The van der Waals surface area contributed by atoms with Gasteiger partial charge in [-0.3, -0.25) is 9.69 Å². The Hall–Kier alpha value is -1.81. The number of hydrogen-bond donors (Lipinski definition) is 0. The quantitative estimate of drug-likeness (QED) is 0.796. The Morgan fingerprint density at radius 3 is 2.68 bits per heavy atom. The topological polar surface area (TPSA) is 34.5 Å². The smallest absolute Gasteiger partial charge is 0.305 e. The van der Waals surface area contributed by atoms with Crippen molar-refractivity contribution < 1.29 is 9.53 Å². The van der Waals surface area contributed by atoms with Crippen LogP contribution < -0.4 is 0 Å². The Labute approximate surface area is 131 Å². The zero-order valence-corrected chi connectivity index (χ0v) is 13.7.